The lowest BCUT2D eigenvalue weighted by Gasteiger charge is -2.14. The first-order chi connectivity index (χ1) is 8.24. The zero-order chi connectivity index (χ0) is 12.5. The first-order valence-electron chi connectivity index (χ1n) is 7.51. The smallest absolute Gasteiger partial charge is 0.222 e. The van der Waals surface area contributed by atoms with Crippen LogP contribution in [0.4, 0.5) is 0 Å². The number of hydrogen-bond donors (Lipinski definition) is 0. The van der Waals surface area contributed by atoms with E-state index in [9.17, 15) is 4.79 Å². The van der Waals surface area contributed by atoms with Gasteiger partial charge in [0.15, 0.2) is 0 Å². The van der Waals surface area contributed by atoms with Crippen LogP contribution in [0.15, 0.2) is 0 Å². The molecular formula is C15H29NO. The number of likely N-dealkylation sites (tertiary alicyclic amines) is 1. The summed E-state index contributed by atoms with van der Waals surface area (Å²) in [6, 6.07) is 0. The number of hydrogen-bond acceptors (Lipinski definition) is 1. The fourth-order valence-electron chi connectivity index (χ4n) is 2.59. The van der Waals surface area contributed by atoms with E-state index in [4.69, 9.17) is 0 Å². The van der Waals surface area contributed by atoms with Crippen molar-refractivity contribution in [2.45, 2.75) is 71.6 Å². The topological polar surface area (TPSA) is 20.3 Å². The minimum Gasteiger partial charge on any atom is -0.342 e. The van der Waals surface area contributed by atoms with Crippen molar-refractivity contribution in [1.29, 1.82) is 0 Å². The molecule has 2 fully saturated rings. The van der Waals surface area contributed by atoms with Gasteiger partial charge in [0, 0.05) is 19.5 Å². The van der Waals surface area contributed by atoms with Crippen LogP contribution in [0.5, 0.6) is 0 Å². The molecule has 1 aliphatic carbocycles. The molecule has 17 heavy (non-hydrogen) atoms. The van der Waals surface area contributed by atoms with Crippen LogP contribution in [-0.4, -0.2) is 23.9 Å². The van der Waals surface area contributed by atoms with Crippen molar-refractivity contribution < 1.29 is 4.79 Å². The van der Waals surface area contributed by atoms with Crippen molar-refractivity contribution in [1.82, 2.24) is 4.90 Å². The van der Waals surface area contributed by atoms with Crippen LogP contribution in [0.25, 0.3) is 0 Å². The largest absolute Gasteiger partial charge is 0.342 e. The van der Waals surface area contributed by atoms with Gasteiger partial charge in [-0.1, -0.05) is 52.4 Å². The maximum absolute atomic E-state index is 11.3. The van der Waals surface area contributed by atoms with Gasteiger partial charge in [0.1, 0.15) is 0 Å². The SMILES string of the molecule is C1CCCCC1.CCCC(=O)N1CCC(C)C1. The minimum atomic E-state index is 0.344. The summed E-state index contributed by atoms with van der Waals surface area (Å²) in [7, 11) is 0. The number of carbonyl (C=O) groups excluding carboxylic acids is 1. The van der Waals surface area contributed by atoms with Crippen LogP contribution in [0.1, 0.15) is 71.6 Å². The first-order valence-corrected chi connectivity index (χ1v) is 7.51. The van der Waals surface area contributed by atoms with E-state index >= 15 is 0 Å². The zero-order valence-corrected chi connectivity index (χ0v) is 11.7. The van der Waals surface area contributed by atoms with Crippen molar-refractivity contribution in [3.63, 3.8) is 0 Å². The van der Waals surface area contributed by atoms with Crippen molar-refractivity contribution in [2.24, 2.45) is 5.92 Å². The summed E-state index contributed by atoms with van der Waals surface area (Å²) in [4.78, 5) is 13.3. The second kappa shape index (κ2) is 8.54. The van der Waals surface area contributed by atoms with E-state index < -0.39 is 0 Å². The second-order valence-corrected chi connectivity index (χ2v) is 5.60. The molecule has 2 aliphatic rings. The third-order valence-corrected chi connectivity index (χ3v) is 3.74. The van der Waals surface area contributed by atoms with E-state index in [0.29, 0.717) is 5.91 Å². The molecular weight excluding hydrogens is 210 g/mol. The van der Waals surface area contributed by atoms with Gasteiger partial charge >= 0.3 is 0 Å². The Hall–Kier alpha value is -0.530. The van der Waals surface area contributed by atoms with Gasteiger partial charge in [-0.2, -0.15) is 0 Å². The van der Waals surface area contributed by atoms with E-state index in [0.717, 1.165) is 31.8 Å². The van der Waals surface area contributed by atoms with Crippen LogP contribution in [0.3, 0.4) is 0 Å². The summed E-state index contributed by atoms with van der Waals surface area (Å²) in [5.74, 6) is 1.06. The van der Waals surface area contributed by atoms with Crippen molar-refractivity contribution in [3.8, 4) is 0 Å². The highest BCUT2D eigenvalue weighted by atomic mass is 16.2. The first kappa shape index (κ1) is 14.5. The van der Waals surface area contributed by atoms with Crippen LogP contribution in [0, 0.1) is 5.92 Å². The molecule has 1 amide bonds. The Bertz CT molecular complexity index is 199. The quantitative estimate of drug-likeness (QED) is 0.713. The monoisotopic (exact) mass is 239 g/mol. The summed E-state index contributed by atoms with van der Waals surface area (Å²) < 4.78 is 0. The highest BCUT2D eigenvalue weighted by molar-refractivity contribution is 5.76. The molecule has 2 rings (SSSR count). The fraction of sp³-hybridized carbons (Fsp3) is 0.933. The Morgan fingerprint density at radius 1 is 1.12 bits per heavy atom. The maximum atomic E-state index is 11.3. The molecule has 100 valence electrons. The molecule has 1 unspecified atom stereocenters. The van der Waals surface area contributed by atoms with Crippen molar-refractivity contribution in [2.75, 3.05) is 13.1 Å². The van der Waals surface area contributed by atoms with Gasteiger partial charge in [-0.15, -0.1) is 0 Å². The van der Waals surface area contributed by atoms with Crippen LogP contribution < -0.4 is 0 Å². The van der Waals surface area contributed by atoms with Gasteiger partial charge in [0.2, 0.25) is 5.91 Å². The Kier molecular flexibility index (Phi) is 7.30. The van der Waals surface area contributed by atoms with Gasteiger partial charge in [0.05, 0.1) is 0 Å². The predicted octanol–water partition coefficient (Wildman–Crippen LogP) is 4.00. The zero-order valence-electron chi connectivity index (χ0n) is 11.7. The molecule has 0 aromatic carbocycles. The van der Waals surface area contributed by atoms with Crippen LogP contribution in [0.2, 0.25) is 0 Å². The van der Waals surface area contributed by atoms with Gasteiger partial charge in [-0.05, 0) is 18.8 Å². The predicted molar refractivity (Wildman–Crippen MR) is 73.0 cm³/mol. The van der Waals surface area contributed by atoms with Gasteiger partial charge in [0.25, 0.3) is 0 Å². The van der Waals surface area contributed by atoms with Gasteiger partial charge < -0.3 is 4.90 Å². The number of amides is 1. The molecule has 1 saturated heterocycles. The van der Waals surface area contributed by atoms with E-state index in [1.165, 1.54) is 44.9 Å². The molecule has 0 aromatic heterocycles. The number of rotatable bonds is 2. The van der Waals surface area contributed by atoms with Crippen molar-refractivity contribution in [3.05, 3.63) is 0 Å². The van der Waals surface area contributed by atoms with E-state index in [1.807, 2.05) is 4.90 Å². The summed E-state index contributed by atoms with van der Waals surface area (Å²) >= 11 is 0. The average molecular weight is 239 g/mol. The molecule has 0 spiro atoms. The molecule has 2 nitrogen and oxygen atoms in total. The average Bonchev–Trinajstić information content (AvgIpc) is 2.79. The standard InChI is InChI=1S/C9H17NO.C6H12/c1-3-4-9(11)10-6-5-8(2)7-10;1-2-4-6-5-3-1/h8H,3-7H2,1-2H3;1-6H2. The molecule has 0 bridgehead atoms. The van der Waals surface area contributed by atoms with Gasteiger partial charge in [-0.25, -0.2) is 0 Å². The minimum absolute atomic E-state index is 0.344. The van der Waals surface area contributed by atoms with Crippen LogP contribution in [-0.2, 0) is 4.79 Å². The highest BCUT2D eigenvalue weighted by Gasteiger charge is 2.21. The Balaban J connectivity index is 0.000000202. The lowest BCUT2D eigenvalue weighted by Crippen LogP contribution is -2.27. The lowest BCUT2D eigenvalue weighted by molar-refractivity contribution is -0.130. The Morgan fingerprint density at radius 2 is 1.65 bits per heavy atom. The number of nitrogens with zero attached hydrogens (tertiary/aromatic N) is 1. The molecule has 0 aromatic rings. The summed E-state index contributed by atoms with van der Waals surface area (Å²) in [5.41, 5.74) is 0. The highest BCUT2D eigenvalue weighted by Crippen LogP contribution is 2.16. The Labute approximate surface area is 107 Å². The van der Waals surface area contributed by atoms with E-state index in [-0.39, 0.29) is 0 Å². The molecule has 0 N–H and O–H groups in total. The lowest BCUT2D eigenvalue weighted by atomic mass is 10.0. The normalized spacial score (nSPS) is 24.1. The summed E-state index contributed by atoms with van der Waals surface area (Å²) in [5, 5.41) is 0. The fourth-order valence-corrected chi connectivity index (χ4v) is 2.59. The molecule has 1 aliphatic heterocycles. The molecule has 0 radical (unpaired) electrons. The molecule has 2 heteroatoms. The van der Waals surface area contributed by atoms with E-state index in [2.05, 4.69) is 13.8 Å². The molecule has 1 saturated carbocycles. The van der Waals surface area contributed by atoms with E-state index in [1.54, 1.807) is 0 Å². The number of carbonyl (C=O) groups is 1. The molecule has 1 atom stereocenters. The second-order valence-electron chi connectivity index (χ2n) is 5.60. The Morgan fingerprint density at radius 3 is 2.00 bits per heavy atom. The summed E-state index contributed by atoms with van der Waals surface area (Å²) in [6.07, 6.45) is 11.9. The van der Waals surface area contributed by atoms with Gasteiger partial charge in [-0.3, -0.25) is 4.79 Å². The van der Waals surface area contributed by atoms with Crippen molar-refractivity contribution >= 4 is 5.91 Å². The third-order valence-electron chi connectivity index (χ3n) is 3.74. The third kappa shape index (κ3) is 6.09. The van der Waals surface area contributed by atoms with Crippen LogP contribution >= 0.6 is 0 Å². The molecule has 1 heterocycles. The summed E-state index contributed by atoms with van der Waals surface area (Å²) in [6.45, 7) is 6.23. The maximum Gasteiger partial charge on any atom is 0.222 e.